The third kappa shape index (κ3) is 5.10. The number of carbonyl (C=O) groups is 2. The number of ketones is 1. The van der Waals surface area contributed by atoms with Gasteiger partial charge in [-0.3, -0.25) is 24.6 Å². The lowest BCUT2D eigenvalue weighted by Crippen LogP contribution is -2.30. The molecule has 1 N–H and O–H groups in total. The van der Waals surface area contributed by atoms with E-state index >= 15 is 0 Å². The van der Waals surface area contributed by atoms with Gasteiger partial charge in [-0.1, -0.05) is 73.7 Å². The van der Waals surface area contributed by atoms with E-state index in [0.717, 1.165) is 40.9 Å². The summed E-state index contributed by atoms with van der Waals surface area (Å²) in [6.45, 7) is 5.29. The fraction of sp³-hybridized carbons (Fsp3) is 0.167. The van der Waals surface area contributed by atoms with Crippen LogP contribution in [0.5, 0.6) is 0 Å². The van der Waals surface area contributed by atoms with Gasteiger partial charge in [0.15, 0.2) is 16.7 Å². The highest BCUT2D eigenvalue weighted by Crippen LogP contribution is 2.43. The topological polar surface area (TPSA) is 148 Å². The number of Topliss-reactive ketones (excluding diaryl/α,β-unsaturated/α-hetero) is 1. The van der Waals surface area contributed by atoms with Crippen molar-refractivity contribution in [1.29, 1.82) is 0 Å². The van der Waals surface area contributed by atoms with Crippen LogP contribution in [0, 0.1) is 10.1 Å². The molecular weight excluding hydrogens is 578 g/mol. The summed E-state index contributed by atoms with van der Waals surface area (Å²) in [5.74, 6) is -1.83. The summed E-state index contributed by atoms with van der Waals surface area (Å²) in [5, 5.41) is 21.4. The van der Waals surface area contributed by atoms with Crippen molar-refractivity contribution in [3.8, 4) is 11.1 Å². The van der Waals surface area contributed by atoms with Crippen molar-refractivity contribution < 1.29 is 28.0 Å². The molecule has 1 amide bonds. The Kier molecular flexibility index (Phi) is 7.52. The van der Waals surface area contributed by atoms with E-state index in [2.05, 4.69) is 29.2 Å². The third-order valence-electron chi connectivity index (χ3n) is 7.03. The molecule has 1 unspecified atom stereocenters. The van der Waals surface area contributed by atoms with Crippen LogP contribution in [0.15, 0.2) is 99.4 Å². The number of nitro groups is 1. The van der Waals surface area contributed by atoms with Crippen LogP contribution in [0.3, 0.4) is 0 Å². The molecule has 0 saturated heterocycles. The molecule has 0 radical (unpaired) electrons. The normalized spacial score (nSPS) is 15.5. The molecule has 2 aromatic carbocycles. The molecule has 6 rings (SSSR count). The first-order valence-corrected chi connectivity index (χ1v) is 15.1. The van der Waals surface area contributed by atoms with E-state index in [-0.39, 0.29) is 31.4 Å². The third-order valence-corrected chi connectivity index (χ3v) is 10.3. The Morgan fingerprint density at radius 3 is 2.02 bits per heavy atom. The minimum absolute atomic E-state index is 0.0266. The molecule has 1 atom stereocenters. The van der Waals surface area contributed by atoms with Gasteiger partial charge < -0.3 is 5.11 Å². The summed E-state index contributed by atoms with van der Waals surface area (Å²) < 4.78 is 26.0. The van der Waals surface area contributed by atoms with Crippen molar-refractivity contribution in [3.05, 3.63) is 112 Å². The highest BCUT2D eigenvalue weighted by atomic mass is 32.2. The van der Waals surface area contributed by atoms with Crippen LogP contribution >= 0.6 is 11.3 Å². The van der Waals surface area contributed by atoms with E-state index in [0.29, 0.717) is 16.9 Å². The number of aliphatic hydroxyl groups is 1. The number of aliphatic hydroxyl groups excluding tert-OH is 1. The second-order valence-electron chi connectivity index (χ2n) is 10.0. The molecule has 12 heteroatoms. The minimum atomic E-state index is -4.10. The lowest BCUT2D eigenvalue weighted by molar-refractivity contribution is -0.384. The van der Waals surface area contributed by atoms with Crippen LogP contribution in [0.1, 0.15) is 43.9 Å². The summed E-state index contributed by atoms with van der Waals surface area (Å²) >= 11 is 0.691. The fourth-order valence-corrected chi connectivity index (χ4v) is 7.10. The largest absolute Gasteiger partial charge is 0.503 e. The van der Waals surface area contributed by atoms with Gasteiger partial charge in [-0.25, -0.2) is 13.4 Å². The van der Waals surface area contributed by atoms with Gasteiger partial charge in [-0.05, 0) is 47.2 Å². The molecule has 0 bridgehead atoms. The highest BCUT2D eigenvalue weighted by Gasteiger charge is 2.45. The van der Waals surface area contributed by atoms with Crippen LogP contribution in [0.2, 0.25) is 0 Å². The number of nitro benzene ring substituents is 1. The SMILES string of the molecule is CC(=O)C1=C(O)C(=O)N(c2ncc(S(=O)(=O)c3ccc([N+](=O)[O-])cc3)s2)C1c1ccc(C(C)C)cc1.c1cc2ccc1-2. The van der Waals surface area contributed by atoms with Crippen molar-refractivity contribution in [2.24, 2.45) is 0 Å². The molecule has 0 spiro atoms. The first kappa shape index (κ1) is 28.8. The average molecular weight is 604 g/mol. The molecule has 0 fully saturated rings. The Labute approximate surface area is 245 Å². The van der Waals surface area contributed by atoms with Crippen LogP contribution in [0.25, 0.3) is 11.1 Å². The molecule has 3 aliphatic rings. The zero-order chi connectivity index (χ0) is 30.3. The molecule has 10 nitrogen and oxygen atoms in total. The van der Waals surface area contributed by atoms with Gasteiger partial charge in [0.1, 0.15) is 4.21 Å². The number of carbonyl (C=O) groups excluding carboxylic acids is 2. The number of hydrogen-bond donors (Lipinski definition) is 1. The predicted octanol–water partition coefficient (Wildman–Crippen LogP) is 6.16. The van der Waals surface area contributed by atoms with Crippen LogP contribution in [-0.2, 0) is 19.4 Å². The van der Waals surface area contributed by atoms with E-state index in [9.17, 15) is 33.2 Å². The number of aromatic nitrogens is 1. The predicted molar refractivity (Wildman–Crippen MR) is 157 cm³/mol. The van der Waals surface area contributed by atoms with Crippen LogP contribution < -0.4 is 4.90 Å². The number of amides is 1. The van der Waals surface area contributed by atoms with E-state index in [4.69, 9.17) is 0 Å². The summed E-state index contributed by atoms with van der Waals surface area (Å²) in [6.07, 6.45) is 1.08. The summed E-state index contributed by atoms with van der Waals surface area (Å²) in [4.78, 5) is 40.7. The molecular formula is C30H25N3O7S2. The Bertz CT molecular complexity index is 1820. The van der Waals surface area contributed by atoms with Gasteiger partial charge >= 0.3 is 0 Å². The zero-order valence-corrected chi connectivity index (χ0v) is 24.3. The molecule has 1 aromatic heterocycles. The van der Waals surface area contributed by atoms with E-state index < -0.39 is 38.3 Å². The summed E-state index contributed by atoms with van der Waals surface area (Å²) in [7, 11) is -4.10. The maximum Gasteiger partial charge on any atom is 0.296 e. The molecule has 42 heavy (non-hydrogen) atoms. The van der Waals surface area contributed by atoms with Gasteiger partial charge in [-0.2, -0.15) is 0 Å². The number of thiazole rings is 1. The number of non-ortho nitro benzene ring substituents is 1. The first-order chi connectivity index (χ1) is 19.9. The number of rotatable bonds is 7. The van der Waals surface area contributed by atoms with Crippen LogP contribution in [-0.4, -0.2) is 35.1 Å². The molecule has 2 heterocycles. The quantitative estimate of drug-likeness (QED) is 0.172. The van der Waals surface area contributed by atoms with Gasteiger partial charge in [0.2, 0.25) is 9.84 Å². The highest BCUT2D eigenvalue weighted by molar-refractivity contribution is 7.93. The van der Waals surface area contributed by atoms with Crippen LogP contribution in [0.4, 0.5) is 10.8 Å². The standard InChI is InChI=1S/C24H21N3O7S2.C6H4/c1-13(2)15-4-6-16(7-5-15)21-20(14(3)28)22(29)23(30)26(21)24-25-12-19(35-24)36(33,34)18-10-8-17(9-11-18)27(31)32;1-2-6-4-3-5(1)6/h4-13,21,29H,1-3H3;1-4H. The Morgan fingerprint density at radius 1 is 1.00 bits per heavy atom. The van der Waals surface area contributed by atoms with Crippen molar-refractivity contribution in [2.75, 3.05) is 4.90 Å². The molecule has 0 saturated carbocycles. The maximum absolute atomic E-state index is 13.1. The van der Waals surface area contributed by atoms with Crippen molar-refractivity contribution in [1.82, 2.24) is 4.98 Å². The van der Waals surface area contributed by atoms with Gasteiger partial charge in [-0.15, -0.1) is 0 Å². The number of benzene rings is 3. The van der Waals surface area contributed by atoms with Crippen molar-refractivity contribution in [2.45, 2.75) is 41.8 Å². The van der Waals surface area contributed by atoms with Gasteiger partial charge in [0.05, 0.1) is 27.6 Å². The molecule has 3 aromatic rings. The number of nitrogens with zero attached hydrogens (tertiary/aromatic N) is 3. The Morgan fingerprint density at radius 2 is 1.57 bits per heavy atom. The molecule has 2 aliphatic carbocycles. The molecule has 214 valence electrons. The first-order valence-electron chi connectivity index (χ1n) is 12.8. The van der Waals surface area contributed by atoms with Crippen molar-refractivity contribution >= 4 is 43.7 Å². The number of fused-ring (bicyclic) bond motifs is 1. The number of hydrogen-bond acceptors (Lipinski definition) is 9. The van der Waals surface area contributed by atoms with Gasteiger partial charge in [0.25, 0.3) is 11.6 Å². The lowest BCUT2D eigenvalue weighted by atomic mass is 9.94. The summed E-state index contributed by atoms with van der Waals surface area (Å²) in [5.41, 5.74) is 4.08. The second-order valence-corrected chi connectivity index (χ2v) is 13.2. The smallest absolute Gasteiger partial charge is 0.296 e. The number of sulfone groups is 1. The number of anilines is 1. The minimum Gasteiger partial charge on any atom is -0.503 e. The molecule has 1 aliphatic heterocycles. The zero-order valence-electron chi connectivity index (χ0n) is 22.7. The van der Waals surface area contributed by atoms with Gasteiger partial charge in [0, 0.05) is 12.1 Å². The Balaban J connectivity index is 0.000000513. The van der Waals surface area contributed by atoms with E-state index in [1.807, 2.05) is 26.0 Å². The van der Waals surface area contributed by atoms with E-state index in [1.165, 1.54) is 18.1 Å². The average Bonchev–Trinajstić information content (AvgIpc) is 3.54. The van der Waals surface area contributed by atoms with Crippen molar-refractivity contribution in [3.63, 3.8) is 0 Å². The lowest BCUT2D eigenvalue weighted by Gasteiger charge is -2.24. The maximum atomic E-state index is 13.1. The van der Waals surface area contributed by atoms with E-state index in [1.54, 1.807) is 12.1 Å². The monoisotopic (exact) mass is 603 g/mol. The second kappa shape index (κ2) is 11.0. The Hall–Kier alpha value is -4.68. The fourth-order valence-electron chi connectivity index (χ4n) is 4.55. The summed E-state index contributed by atoms with van der Waals surface area (Å²) in [6, 6.07) is 19.1.